The van der Waals surface area contributed by atoms with Crippen LogP contribution in [-0.2, 0) is 10.0 Å². The fraction of sp³-hybridized carbons (Fsp3) is 0.235. The summed E-state index contributed by atoms with van der Waals surface area (Å²) >= 11 is 0. The average Bonchev–Trinajstić information content (AvgIpc) is 2.61. The Morgan fingerprint density at radius 1 is 0.920 bits per heavy atom. The topological polar surface area (TPSA) is 107 Å². The van der Waals surface area contributed by atoms with Gasteiger partial charge in [-0.2, -0.15) is 0 Å². The van der Waals surface area contributed by atoms with Crippen LogP contribution in [0.3, 0.4) is 0 Å². The van der Waals surface area contributed by atoms with Crippen molar-refractivity contribution < 1.29 is 23.4 Å². The van der Waals surface area contributed by atoms with E-state index in [1.807, 2.05) is 0 Å². The first kappa shape index (κ1) is 18.9. The van der Waals surface area contributed by atoms with Crippen molar-refractivity contribution in [3.05, 3.63) is 60.2 Å². The highest BCUT2D eigenvalue weighted by atomic mass is 32.2. The predicted molar refractivity (Wildman–Crippen MR) is 93.8 cm³/mol. The van der Waals surface area contributed by atoms with Gasteiger partial charge in [-0.15, -0.1) is 0 Å². The number of nitrogens with one attached hydrogen (secondary N) is 1. The molecule has 0 saturated carbocycles. The van der Waals surface area contributed by atoms with E-state index in [9.17, 15) is 13.2 Å². The second-order valence-corrected chi connectivity index (χ2v) is 6.92. The van der Waals surface area contributed by atoms with Gasteiger partial charge in [0.25, 0.3) is 15.9 Å². The predicted octanol–water partition coefficient (Wildman–Crippen LogP) is 0.914. The van der Waals surface area contributed by atoms with E-state index in [1.165, 1.54) is 29.2 Å². The Kier molecular flexibility index (Phi) is 6.51. The van der Waals surface area contributed by atoms with E-state index in [-0.39, 0.29) is 42.7 Å². The summed E-state index contributed by atoms with van der Waals surface area (Å²) in [7, 11) is -3.75. The number of hydrogen-bond donors (Lipinski definition) is 3. The van der Waals surface area contributed by atoms with Crippen molar-refractivity contribution in [3.8, 4) is 0 Å². The van der Waals surface area contributed by atoms with E-state index < -0.39 is 10.0 Å². The van der Waals surface area contributed by atoms with Gasteiger partial charge >= 0.3 is 0 Å². The number of carbonyl (C=O) groups excluding carboxylic acids is 1. The molecule has 0 spiro atoms. The van der Waals surface area contributed by atoms with Gasteiger partial charge in [0.15, 0.2) is 0 Å². The molecule has 134 valence electrons. The van der Waals surface area contributed by atoms with E-state index in [4.69, 9.17) is 10.2 Å². The number of anilines is 1. The Balaban J connectivity index is 2.17. The number of carbonyl (C=O) groups is 1. The second kappa shape index (κ2) is 8.61. The van der Waals surface area contributed by atoms with Crippen molar-refractivity contribution in [1.82, 2.24) is 4.90 Å². The minimum absolute atomic E-state index is 0.0313. The van der Waals surface area contributed by atoms with Crippen LogP contribution in [0.25, 0.3) is 0 Å². The summed E-state index contributed by atoms with van der Waals surface area (Å²) in [5.41, 5.74) is 0.722. The molecule has 0 aliphatic carbocycles. The zero-order valence-electron chi connectivity index (χ0n) is 13.5. The van der Waals surface area contributed by atoms with Gasteiger partial charge in [0.1, 0.15) is 0 Å². The molecule has 8 heteroatoms. The van der Waals surface area contributed by atoms with Crippen molar-refractivity contribution in [1.29, 1.82) is 0 Å². The molecule has 0 aromatic heterocycles. The zero-order valence-corrected chi connectivity index (χ0v) is 14.3. The highest BCUT2D eigenvalue weighted by Gasteiger charge is 2.18. The highest BCUT2D eigenvalue weighted by molar-refractivity contribution is 7.92. The number of aliphatic hydroxyl groups is 2. The maximum Gasteiger partial charge on any atom is 0.261 e. The average molecular weight is 364 g/mol. The van der Waals surface area contributed by atoms with Crippen LogP contribution in [0.1, 0.15) is 10.4 Å². The normalized spacial score (nSPS) is 11.1. The van der Waals surface area contributed by atoms with Crippen LogP contribution in [0.4, 0.5) is 5.69 Å². The molecule has 0 aliphatic heterocycles. The summed E-state index contributed by atoms with van der Waals surface area (Å²) in [6, 6.07) is 14.0. The quantitative estimate of drug-likeness (QED) is 0.646. The number of aliphatic hydroxyl groups excluding tert-OH is 2. The Hall–Kier alpha value is -2.42. The number of nitrogens with zero attached hydrogens (tertiary/aromatic N) is 1. The van der Waals surface area contributed by atoms with E-state index >= 15 is 0 Å². The fourth-order valence-electron chi connectivity index (χ4n) is 2.24. The maximum absolute atomic E-state index is 12.3. The van der Waals surface area contributed by atoms with Crippen LogP contribution in [0.2, 0.25) is 0 Å². The SMILES string of the molecule is O=C(c1ccc(S(=O)(=O)Nc2ccccc2)cc1)N(CCO)CCO. The Morgan fingerprint density at radius 3 is 2.00 bits per heavy atom. The number of sulfonamides is 1. The molecule has 25 heavy (non-hydrogen) atoms. The van der Waals surface area contributed by atoms with Crippen molar-refractivity contribution in [3.63, 3.8) is 0 Å². The molecule has 0 atom stereocenters. The first-order valence-corrected chi connectivity index (χ1v) is 9.15. The Bertz CT molecular complexity index is 786. The molecule has 3 N–H and O–H groups in total. The monoisotopic (exact) mass is 364 g/mol. The van der Waals surface area contributed by atoms with Gasteiger partial charge in [0, 0.05) is 24.3 Å². The van der Waals surface area contributed by atoms with Gasteiger partial charge in [0.2, 0.25) is 0 Å². The zero-order chi connectivity index (χ0) is 18.3. The molecular weight excluding hydrogens is 344 g/mol. The van der Waals surface area contributed by atoms with Crippen molar-refractivity contribution >= 4 is 21.6 Å². The maximum atomic E-state index is 12.3. The first-order valence-electron chi connectivity index (χ1n) is 7.67. The molecule has 2 rings (SSSR count). The van der Waals surface area contributed by atoms with Crippen LogP contribution in [0.5, 0.6) is 0 Å². The number of hydrogen-bond acceptors (Lipinski definition) is 5. The van der Waals surface area contributed by atoms with Gasteiger partial charge in [0.05, 0.1) is 18.1 Å². The molecule has 0 fully saturated rings. The molecule has 0 radical (unpaired) electrons. The molecule has 1 amide bonds. The lowest BCUT2D eigenvalue weighted by molar-refractivity contribution is 0.0684. The van der Waals surface area contributed by atoms with Crippen LogP contribution in [0, 0.1) is 0 Å². The minimum Gasteiger partial charge on any atom is -0.395 e. The summed E-state index contributed by atoms with van der Waals surface area (Å²) in [5.74, 6) is -0.386. The summed E-state index contributed by atoms with van der Waals surface area (Å²) in [4.78, 5) is 13.6. The largest absolute Gasteiger partial charge is 0.395 e. The smallest absolute Gasteiger partial charge is 0.261 e. The first-order chi connectivity index (χ1) is 12.0. The van der Waals surface area contributed by atoms with E-state index in [2.05, 4.69) is 4.72 Å². The van der Waals surface area contributed by atoms with E-state index in [0.717, 1.165) is 0 Å². The molecule has 7 nitrogen and oxygen atoms in total. The number of rotatable bonds is 8. The summed E-state index contributed by atoms with van der Waals surface area (Å²) in [6.07, 6.45) is 0. The van der Waals surface area contributed by atoms with Gasteiger partial charge in [-0.3, -0.25) is 9.52 Å². The van der Waals surface area contributed by atoms with Crippen LogP contribution < -0.4 is 4.72 Å². The van der Waals surface area contributed by atoms with Crippen LogP contribution in [-0.4, -0.2) is 55.7 Å². The van der Waals surface area contributed by atoms with Gasteiger partial charge in [-0.1, -0.05) is 18.2 Å². The number of amides is 1. The number of benzene rings is 2. The molecular formula is C17H20N2O5S. The molecule has 0 aliphatic rings. The molecule has 0 bridgehead atoms. The van der Waals surface area contributed by atoms with Crippen molar-refractivity contribution in [2.24, 2.45) is 0 Å². The molecule has 2 aromatic carbocycles. The molecule has 0 heterocycles. The van der Waals surface area contributed by atoms with Crippen LogP contribution in [0.15, 0.2) is 59.5 Å². The summed E-state index contributed by atoms with van der Waals surface area (Å²) in [5, 5.41) is 18.0. The highest BCUT2D eigenvalue weighted by Crippen LogP contribution is 2.17. The van der Waals surface area contributed by atoms with Crippen molar-refractivity contribution in [2.75, 3.05) is 31.0 Å². The summed E-state index contributed by atoms with van der Waals surface area (Å²) < 4.78 is 27.2. The molecule has 0 unspecified atom stereocenters. The lowest BCUT2D eigenvalue weighted by atomic mass is 10.2. The van der Waals surface area contributed by atoms with E-state index in [0.29, 0.717) is 5.69 Å². The van der Waals surface area contributed by atoms with Gasteiger partial charge in [-0.05, 0) is 36.4 Å². The third-order valence-corrected chi connectivity index (χ3v) is 4.86. The lowest BCUT2D eigenvalue weighted by Gasteiger charge is -2.20. The van der Waals surface area contributed by atoms with Crippen LogP contribution >= 0.6 is 0 Å². The fourth-order valence-corrected chi connectivity index (χ4v) is 3.29. The lowest BCUT2D eigenvalue weighted by Crippen LogP contribution is -2.35. The second-order valence-electron chi connectivity index (χ2n) is 5.24. The number of para-hydroxylation sites is 1. The van der Waals surface area contributed by atoms with Gasteiger partial charge in [-0.25, -0.2) is 8.42 Å². The standard InChI is InChI=1S/C17H20N2O5S/c20-12-10-19(11-13-21)17(22)14-6-8-16(9-7-14)25(23,24)18-15-4-2-1-3-5-15/h1-9,18,20-21H,10-13H2. The Morgan fingerprint density at radius 2 is 1.48 bits per heavy atom. The molecule has 2 aromatic rings. The third kappa shape index (κ3) is 5.02. The van der Waals surface area contributed by atoms with Crippen molar-refractivity contribution in [2.45, 2.75) is 4.90 Å². The third-order valence-electron chi connectivity index (χ3n) is 3.46. The molecule has 0 saturated heterocycles. The van der Waals surface area contributed by atoms with Gasteiger partial charge < -0.3 is 15.1 Å². The minimum atomic E-state index is -3.75. The summed E-state index contributed by atoms with van der Waals surface area (Å²) in [6.45, 7) is -0.261. The van der Waals surface area contributed by atoms with E-state index in [1.54, 1.807) is 30.3 Å². The Labute approximate surface area is 146 Å².